The number of hydrogen-bond donors (Lipinski definition) is 3. The Morgan fingerprint density at radius 3 is 2.44 bits per heavy atom. The van der Waals surface area contributed by atoms with E-state index in [9.17, 15) is 4.79 Å². The lowest BCUT2D eigenvalue weighted by atomic mass is 10.1. The number of carbonyl (C=O) groups excluding carboxylic acids is 1. The van der Waals surface area contributed by atoms with Crippen LogP contribution in [0.5, 0.6) is 5.75 Å². The van der Waals surface area contributed by atoms with Gasteiger partial charge < -0.3 is 21.1 Å². The molecule has 132 valence electrons. The van der Waals surface area contributed by atoms with Gasteiger partial charge in [0.2, 0.25) is 5.91 Å². The van der Waals surface area contributed by atoms with E-state index >= 15 is 0 Å². The molecule has 2 aromatic carbocycles. The number of hydrogen-bond acceptors (Lipinski definition) is 3. The molecule has 0 bridgehead atoms. The van der Waals surface area contributed by atoms with Crippen molar-refractivity contribution in [3.8, 4) is 5.75 Å². The van der Waals surface area contributed by atoms with E-state index in [2.05, 4.69) is 15.6 Å². The Bertz CT molecular complexity index is 760. The molecule has 0 aliphatic heterocycles. The van der Waals surface area contributed by atoms with Crippen molar-refractivity contribution >= 4 is 34.8 Å². The predicted molar refractivity (Wildman–Crippen MR) is 103 cm³/mol. The zero-order chi connectivity index (χ0) is 18.2. The van der Waals surface area contributed by atoms with E-state index in [0.29, 0.717) is 23.3 Å². The lowest BCUT2D eigenvalue weighted by molar-refractivity contribution is -0.114. The molecule has 2 rings (SSSR count). The van der Waals surface area contributed by atoms with Crippen LogP contribution in [-0.4, -0.2) is 25.5 Å². The number of nitrogens with two attached hydrogens (primary N) is 1. The van der Waals surface area contributed by atoms with Crippen molar-refractivity contribution in [3.63, 3.8) is 0 Å². The first kappa shape index (κ1) is 18.6. The topological polar surface area (TPSA) is 88.7 Å². The summed E-state index contributed by atoms with van der Waals surface area (Å²) in [4.78, 5) is 15.3. The molecule has 1 amide bonds. The van der Waals surface area contributed by atoms with Gasteiger partial charge in [-0.15, -0.1) is 0 Å². The first-order chi connectivity index (χ1) is 12.0. The van der Waals surface area contributed by atoms with Gasteiger partial charge in [-0.2, -0.15) is 0 Å². The second kappa shape index (κ2) is 8.94. The van der Waals surface area contributed by atoms with Crippen molar-refractivity contribution in [1.82, 2.24) is 0 Å². The average Bonchev–Trinajstić information content (AvgIpc) is 2.56. The number of halogens is 1. The van der Waals surface area contributed by atoms with Gasteiger partial charge in [-0.25, -0.2) is 0 Å². The fraction of sp³-hybridized carbons (Fsp3) is 0.222. The van der Waals surface area contributed by atoms with Gasteiger partial charge in [0.1, 0.15) is 5.75 Å². The molecular weight excluding hydrogens is 340 g/mol. The van der Waals surface area contributed by atoms with Gasteiger partial charge in [0.15, 0.2) is 5.96 Å². The molecule has 7 heteroatoms. The highest BCUT2D eigenvalue weighted by molar-refractivity contribution is 6.32. The van der Waals surface area contributed by atoms with E-state index in [1.165, 1.54) is 6.92 Å². The molecule has 0 fully saturated rings. The van der Waals surface area contributed by atoms with Gasteiger partial charge in [0.05, 0.1) is 12.1 Å². The maximum Gasteiger partial charge on any atom is 0.221 e. The number of anilines is 2. The summed E-state index contributed by atoms with van der Waals surface area (Å²) in [5, 5.41) is 6.22. The average molecular weight is 361 g/mol. The summed E-state index contributed by atoms with van der Waals surface area (Å²) in [6.45, 7) is 2.02. The number of nitrogens with zero attached hydrogens (tertiary/aromatic N) is 1. The van der Waals surface area contributed by atoms with Crippen molar-refractivity contribution in [3.05, 3.63) is 53.1 Å². The van der Waals surface area contributed by atoms with E-state index in [1.54, 1.807) is 19.2 Å². The normalized spacial score (nSPS) is 11.1. The van der Waals surface area contributed by atoms with Gasteiger partial charge in [-0.1, -0.05) is 23.7 Å². The summed E-state index contributed by atoms with van der Waals surface area (Å²) in [7, 11) is 1.56. The van der Waals surface area contributed by atoms with E-state index in [1.807, 2.05) is 30.3 Å². The molecule has 0 aliphatic carbocycles. The molecule has 0 spiro atoms. The summed E-state index contributed by atoms with van der Waals surface area (Å²) >= 11 is 6.07. The van der Waals surface area contributed by atoms with Gasteiger partial charge in [-0.05, 0) is 42.3 Å². The molecular formula is C18H21ClN4O2. The molecule has 0 heterocycles. The van der Waals surface area contributed by atoms with Crippen molar-refractivity contribution < 1.29 is 9.53 Å². The van der Waals surface area contributed by atoms with Gasteiger partial charge in [0.25, 0.3) is 0 Å². The van der Waals surface area contributed by atoms with Gasteiger partial charge in [-0.3, -0.25) is 9.79 Å². The highest BCUT2D eigenvalue weighted by Crippen LogP contribution is 2.27. The predicted octanol–water partition coefficient (Wildman–Crippen LogP) is 3.28. The van der Waals surface area contributed by atoms with Crippen LogP contribution in [0.1, 0.15) is 12.5 Å². The molecule has 25 heavy (non-hydrogen) atoms. The van der Waals surface area contributed by atoms with Crippen LogP contribution in [0.15, 0.2) is 47.5 Å². The second-order valence-corrected chi connectivity index (χ2v) is 5.78. The largest absolute Gasteiger partial charge is 0.495 e. The maximum atomic E-state index is 11.0. The Morgan fingerprint density at radius 1 is 1.16 bits per heavy atom. The Labute approximate surface area is 152 Å². The third-order valence-corrected chi connectivity index (χ3v) is 3.68. The van der Waals surface area contributed by atoms with Crippen molar-refractivity contribution in [2.75, 3.05) is 24.3 Å². The quantitative estimate of drug-likeness (QED) is 0.545. The summed E-state index contributed by atoms with van der Waals surface area (Å²) < 4.78 is 5.10. The zero-order valence-electron chi connectivity index (χ0n) is 14.2. The maximum absolute atomic E-state index is 11.0. The van der Waals surface area contributed by atoms with E-state index in [0.717, 1.165) is 23.4 Å². The summed E-state index contributed by atoms with van der Waals surface area (Å²) in [6, 6.07) is 12.9. The monoisotopic (exact) mass is 360 g/mol. The van der Waals surface area contributed by atoms with Crippen LogP contribution in [0.3, 0.4) is 0 Å². The minimum absolute atomic E-state index is 0.0881. The molecule has 6 nitrogen and oxygen atoms in total. The second-order valence-electron chi connectivity index (χ2n) is 5.37. The zero-order valence-corrected chi connectivity index (χ0v) is 14.9. The number of ether oxygens (including phenoxy) is 1. The first-order valence-electron chi connectivity index (χ1n) is 7.75. The Morgan fingerprint density at radius 2 is 1.84 bits per heavy atom. The van der Waals surface area contributed by atoms with Crippen molar-refractivity contribution in [2.24, 2.45) is 10.7 Å². The van der Waals surface area contributed by atoms with Crippen LogP contribution in [-0.2, 0) is 11.2 Å². The van der Waals surface area contributed by atoms with E-state index in [4.69, 9.17) is 22.1 Å². The number of methoxy groups -OCH3 is 1. The highest BCUT2D eigenvalue weighted by Gasteiger charge is 2.02. The van der Waals surface area contributed by atoms with E-state index < -0.39 is 0 Å². The Balaban J connectivity index is 1.86. The number of rotatable bonds is 6. The molecule has 2 aromatic rings. The molecule has 0 aromatic heterocycles. The number of benzene rings is 2. The fourth-order valence-corrected chi connectivity index (χ4v) is 2.45. The smallest absolute Gasteiger partial charge is 0.221 e. The number of guanidine groups is 1. The highest BCUT2D eigenvalue weighted by atomic mass is 35.5. The molecule has 4 N–H and O–H groups in total. The van der Waals surface area contributed by atoms with Gasteiger partial charge in [0, 0.05) is 24.8 Å². The lowest BCUT2D eigenvalue weighted by Gasteiger charge is -2.08. The molecule has 0 saturated carbocycles. The minimum Gasteiger partial charge on any atom is -0.495 e. The molecule has 0 atom stereocenters. The first-order valence-corrected chi connectivity index (χ1v) is 8.12. The molecule has 0 radical (unpaired) electrons. The summed E-state index contributed by atoms with van der Waals surface area (Å²) in [6.07, 6.45) is 0.742. The van der Waals surface area contributed by atoms with Crippen LogP contribution < -0.4 is 21.1 Å². The van der Waals surface area contributed by atoms with Crippen LogP contribution in [0.2, 0.25) is 5.02 Å². The van der Waals surface area contributed by atoms with Crippen LogP contribution >= 0.6 is 11.6 Å². The number of nitrogens with one attached hydrogen (secondary N) is 2. The molecule has 0 saturated heterocycles. The molecule has 0 unspecified atom stereocenters. The third kappa shape index (κ3) is 6.00. The third-order valence-electron chi connectivity index (χ3n) is 3.38. The van der Waals surface area contributed by atoms with Gasteiger partial charge >= 0.3 is 0 Å². The summed E-state index contributed by atoms with van der Waals surface area (Å²) in [5.41, 5.74) is 8.51. The standard InChI is InChI=1S/C18H21ClN4O2/c1-12(24)22-14-5-3-13(4-6-14)9-10-21-18(20)23-15-7-8-17(25-2)16(19)11-15/h3-8,11H,9-10H2,1-2H3,(H,22,24)(H3,20,21,23). The van der Waals surface area contributed by atoms with E-state index in [-0.39, 0.29) is 5.91 Å². The minimum atomic E-state index is -0.0881. The Hall–Kier alpha value is -2.73. The molecule has 0 aliphatic rings. The van der Waals surface area contributed by atoms with Crippen LogP contribution in [0, 0.1) is 0 Å². The number of amides is 1. The number of carbonyl (C=O) groups is 1. The van der Waals surface area contributed by atoms with Crippen LogP contribution in [0.25, 0.3) is 0 Å². The SMILES string of the molecule is COc1ccc(NC(N)=NCCc2ccc(NC(C)=O)cc2)cc1Cl. The number of aliphatic imine (C=N–C) groups is 1. The lowest BCUT2D eigenvalue weighted by Crippen LogP contribution is -2.23. The van der Waals surface area contributed by atoms with Crippen LogP contribution in [0.4, 0.5) is 11.4 Å². The summed E-state index contributed by atoms with van der Waals surface area (Å²) in [5.74, 6) is 0.830. The Kier molecular flexibility index (Phi) is 6.65. The van der Waals surface area contributed by atoms with Crippen molar-refractivity contribution in [1.29, 1.82) is 0 Å². The van der Waals surface area contributed by atoms with Crippen molar-refractivity contribution in [2.45, 2.75) is 13.3 Å². The fourth-order valence-electron chi connectivity index (χ4n) is 2.20.